The Labute approximate surface area is 118 Å². The minimum atomic E-state index is 0.448. The van der Waals surface area contributed by atoms with Gasteiger partial charge >= 0.3 is 0 Å². The molecule has 0 spiro atoms. The third-order valence-corrected chi connectivity index (χ3v) is 4.87. The number of rotatable bonds is 6. The Balaban J connectivity index is 1.47. The first kappa shape index (κ1) is 15.3. The van der Waals surface area contributed by atoms with Gasteiger partial charge in [0, 0.05) is 25.9 Å². The monoisotopic (exact) mass is 269 g/mol. The average molecular weight is 269 g/mol. The molecule has 1 saturated heterocycles. The highest BCUT2D eigenvalue weighted by atomic mass is 16.5. The molecule has 0 aromatic carbocycles. The predicted octanol–water partition coefficient (Wildman–Crippen LogP) is 2.99. The number of hydrogen-bond acceptors (Lipinski definition) is 3. The molecule has 19 heavy (non-hydrogen) atoms. The SMILES string of the molecule is C[C@@H]1CC[C@@H](NCCCOC2CCOCC2)C[C@@H]1C. The second kappa shape index (κ2) is 8.23. The number of nitrogens with one attached hydrogen (secondary N) is 1. The first-order valence-corrected chi connectivity index (χ1v) is 8.18. The summed E-state index contributed by atoms with van der Waals surface area (Å²) in [4.78, 5) is 0. The summed E-state index contributed by atoms with van der Waals surface area (Å²) in [7, 11) is 0. The molecule has 3 nitrogen and oxygen atoms in total. The van der Waals surface area contributed by atoms with E-state index in [9.17, 15) is 0 Å². The van der Waals surface area contributed by atoms with Gasteiger partial charge in [0.05, 0.1) is 6.10 Å². The molecule has 0 radical (unpaired) electrons. The lowest BCUT2D eigenvalue weighted by Gasteiger charge is -2.32. The van der Waals surface area contributed by atoms with Gasteiger partial charge in [0.1, 0.15) is 0 Å². The van der Waals surface area contributed by atoms with Gasteiger partial charge < -0.3 is 14.8 Å². The second-order valence-electron chi connectivity index (χ2n) is 6.45. The molecular formula is C16H31NO2. The number of ether oxygens (including phenoxy) is 2. The molecule has 2 fully saturated rings. The molecule has 112 valence electrons. The topological polar surface area (TPSA) is 30.5 Å². The largest absolute Gasteiger partial charge is 0.381 e. The highest BCUT2D eigenvalue weighted by Crippen LogP contribution is 2.29. The van der Waals surface area contributed by atoms with E-state index in [1.165, 1.54) is 19.3 Å². The third-order valence-electron chi connectivity index (χ3n) is 4.87. The molecule has 0 bridgehead atoms. The predicted molar refractivity (Wildman–Crippen MR) is 78.4 cm³/mol. The molecule has 3 atom stereocenters. The standard InChI is InChI=1S/C16H31NO2/c1-13-4-5-15(12-14(13)2)17-8-3-9-19-16-6-10-18-11-7-16/h13-17H,3-12H2,1-2H3/t13-,14+,15-/m1/s1. The summed E-state index contributed by atoms with van der Waals surface area (Å²) in [5, 5.41) is 3.71. The van der Waals surface area contributed by atoms with Crippen LogP contribution in [-0.2, 0) is 9.47 Å². The molecule has 1 saturated carbocycles. The van der Waals surface area contributed by atoms with Crippen molar-refractivity contribution in [3.05, 3.63) is 0 Å². The Bertz CT molecular complexity index is 241. The fourth-order valence-corrected chi connectivity index (χ4v) is 3.20. The van der Waals surface area contributed by atoms with Crippen LogP contribution in [0.2, 0.25) is 0 Å². The van der Waals surface area contributed by atoms with Crippen molar-refractivity contribution in [3.8, 4) is 0 Å². The van der Waals surface area contributed by atoms with E-state index in [0.717, 1.165) is 63.5 Å². The van der Waals surface area contributed by atoms with Crippen molar-refractivity contribution in [2.24, 2.45) is 11.8 Å². The smallest absolute Gasteiger partial charge is 0.0619 e. The molecule has 0 unspecified atom stereocenters. The third kappa shape index (κ3) is 5.41. The van der Waals surface area contributed by atoms with Gasteiger partial charge in [0.25, 0.3) is 0 Å². The first-order valence-electron chi connectivity index (χ1n) is 8.18. The molecule has 2 rings (SSSR count). The van der Waals surface area contributed by atoms with Crippen molar-refractivity contribution in [1.82, 2.24) is 5.32 Å². The van der Waals surface area contributed by atoms with Crippen molar-refractivity contribution >= 4 is 0 Å². The molecule has 1 aliphatic carbocycles. The van der Waals surface area contributed by atoms with E-state index in [4.69, 9.17) is 9.47 Å². The Kier molecular flexibility index (Phi) is 6.62. The fourth-order valence-electron chi connectivity index (χ4n) is 3.20. The maximum atomic E-state index is 5.89. The Morgan fingerprint density at radius 3 is 2.58 bits per heavy atom. The van der Waals surface area contributed by atoms with Crippen LogP contribution >= 0.6 is 0 Å². The lowest BCUT2D eigenvalue weighted by Crippen LogP contribution is -2.37. The van der Waals surface area contributed by atoms with Gasteiger partial charge in [0.15, 0.2) is 0 Å². The van der Waals surface area contributed by atoms with Crippen LogP contribution in [0.3, 0.4) is 0 Å². The molecule has 1 heterocycles. The van der Waals surface area contributed by atoms with E-state index < -0.39 is 0 Å². The van der Waals surface area contributed by atoms with E-state index in [1.54, 1.807) is 0 Å². The molecule has 1 N–H and O–H groups in total. The second-order valence-corrected chi connectivity index (χ2v) is 6.45. The minimum Gasteiger partial charge on any atom is -0.381 e. The molecule has 1 aliphatic heterocycles. The number of hydrogen-bond donors (Lipinski definition) is 1. The molecule has 0 aromatic heterocycles. The summed E-state index contributed by atoms with van der Waals surface area (Å²) < 4.78 is 11.2. The van der Waals surface area contributed by atoms with Crippen LogP contribution in [0.5, 0.6) is 0 Å². The highest BCUT2D eigenvalue weighted by molar-refractivity contribution is 4.79. The zero-order chi connectivity index (χ0) is 13.5. The van der Waals surface area contributed by atoms with Crippen LogP contribution < -0.4 is 5.32 Å². The minimum absolute atomic E-state index is 0.448. The van der Waals surface area contributed by atoms with Gasteiger partial charge in [-0.05, 0) is 56.9 Å². The van der Waals surface area contributed by atoms with Gasteiger partial charge in [-0.2, -0.15) is 0 Å². The van der Waals surface area contributed by atoms with Crippen molar-refractivity contribution in [2.75, 3.05) is 26.4 Å². The van der Waals surface area contributed by atoms with Crippen molar-refractivity contribution < 1.29 is 9.47 Å². The summed E-state index contributed by atoms with van der Waals surface area (Å²) in [6.45, 7) is 8.54. The lowest BCUT2D eigenvalue weighted by atomic mass is 9.79. The van der Waals surface area contributed by atoms with Gasteiger partial charge in [-0.15, -0.1) is 0 Å². The van der Waals surface area contributed by atoms with Crippen LogP contribution in [0.15, 0.2) is 0 Å². The maximum Gasteiger partial charge on any atom is 0.0619 e. The van der Waals surface area contributed by atoms with Crippen LogP contribution in [0.4, 0.5) is 0 Å². The molecule has 0 aromatic rings. The Morgan fingerprint density at radius 2 is 1.84 bits per heavy atom. The Morgan fingerprint density at radius 1 is 1.05 bits per heavy atom. The van der Waals surface area contributed by atoms with E-state index >= 15 is 0 Å². The van der Waals surface area contributed by atoms with Crippen molar-refractivity contribution in [3.63, 3.8) is 0 Å². The zero-order valence-electron chi connectivity index (χ0n) is 12.7. The van der Waals surface area contributed by atoms with Gasteiger partial charge in [-0.1, -0.05) is 13.8 Å². The quantitative estimate of drug-likeness (QED) is 0.752. The van der Waals surface area contributed by atoms with E-state index in [0.29, 0.717) is 6.10 Å². The summed E-state index contributed by atoms with van der Waals surface area (Å²) in [6, 6.07) is 0.745. The van der Waals surface area contributed by atoms with Crippen molar-refractivity contribution in [2.45, 2.75) is 64.5 Å². The molecule has 0 amide bonds. The normalized spacial score (nSPS) is 33.5. The zero-order valence-corrected chi connectivity index (χ0v) is 12.7. The fraction of sp³-hybridized carbons (Fsp3) is 1.00. The molecule has 3 heteroatoms. The lowest BCUT2D eigenvalue weighted by molar-refractivity contribution is -0.0323. The first-order chi connectivity index (χ1) is 9.25. The molecule has 2 aliphatic rings. The maximum absolute atomic E-state index is 5.89. The highest BCUT2D eigenvalue weighted by Gasteiger charge is 2.23. The van der Waals surface area contributed by atoms with Crippen LogP contribution in [0.25, 0.3) is 0 Å². The van der Waals surface area contributed by atoms with Crippen LogP contribution in [0, 0.1) is 11.8 Å². The van der Waals surface area contributed by atoms with Crippen molar-refractivity contribution in [1.29, 1.82) is 0 Å². The summed E-state index contributed by atoms with van der Waals surface area (Å²) >= 11 is 0. The van der Waals surface area contributed by atoms with E-state index in [1.807, 2.05) is 0 Å². The van der Waals surface area contributed by atoms with Crippen LogP contribution in [-0.4, -0.2) is 38.5 Å². The summed E-state index contributed by atoms with van der Waals surface area (Å²) in [5.41, 5.74) is 0. The van der Waals surface area contributed by atoms with Gasteiger partial charge in [0.2, 0.25) is 0 Å². The Hall–Kier alpha value is -0.120. The summed E-state index contributed by atoms with van der Waals surface area (Å²) in [5.74, 6) is 1.79. The van der Waals surface area contributed by atoms with Gasteiger partial charge in [-0.25, -0.2) is 0 Å². The summed E-state index contributed by atoms with van der Waals surface area (Å²) in [6.07, 6.45) is 7.82. The van der Waals surface area contributed by atoms with E-state index in [-0.39, 0.29) is 0 Å². The molecular weight excluding hydrogens is 238 g/mol. The van der Waals surface area contributed by atoms with Crippen LogP contribution in [0.1, 0.15) is 52.4 Å². The average Bonchev–Trinajstić information content (AvgIpc) is 2.43. The van der Waals surface area contributed by atoms with E-state index in [2.05, 4.69) is 19.2 Å². The van der Waals surface area contributed by atoms with Gasteiger partial charge in [-0.3, -0.25) is 0 Å².